The van der Waals surface area contributed by atoms with Crippen molar-refractivity contribution in [3.8, 4) is 11.5 Å². The molecule has 98 valence electrons. The largest absolute Gasteiger partial charge is 0.493 e. The lowest BCUT2D eigenvalue weighted by Gasteiger charge is -2.14. The molecule has 0 fully saturated rings. The molecule has 0 heterocycles. The van der Waals surface area contributed by atoms with Crippen molar-refractivity contribution in [1.82, 2.24) is 0 Å². The average molecular weight is 264 g/mol. The van der Waals surface area contributed by atoms with Crippen LogP contribution in [0.3, 0.4) is 0 Å². The fourth-order valence-electron chi connectivity index (χ4n) is 1.47. The first-order chi connectivity index (χ1) is 7.72. The number of alkyl halides is 1. The Hall–Kier alpha value is -1.00. The SMILES string of the molecule is CCOc1ccc([C@@H](N)CCF)cc1OC.Cl. The van der Waals surface area contributed by atoms with Gasteiger partial charge in [-0.3, -0.25) is 4.39 Å². The minimum atomic E-state index is -0.420. The first kappa shape index (κ1) is 16.0. The van der Waals surface area contributed by atoms with Gasteiger partial charge in [-0.1, -0.05) is 6.07 Å². The quantitative estimate of drug-likeness (QED) is 0.858. The Kier molecular flexibility index (Phi) is 7.66. The van der Waals surface area contributed by atoms with E-state index >= 15 is 0 Å². The topological polar surface area (TPSA) is 44.5 Å². The van der Waals surface area contributed by atoms with Gasteiger partial charge < -0.3 is 15.2 Å². The van der Waals surface area contributed by atoms with Crippen LogP contribution in [0, 0.1) is 0 Å². The van der Waals surface area contributed by atoms with Gasteiger partial charge in [-0.05, 0) is 31.0 Å². The smallest absolute Gasteiger partial charge is 0.161 e. The second kappa shape index (κ2) is 8.14. The average Bonchev–Trinajstić information content (AvgIpc) is 2.30. The van der Waals surface area contributed by atoms with Crippen molar-refractivity contribution in [2.24, 2.45) is 5.73 Å². The molecular weight excluding hydrogens is 245 g/mol. The summed E-state index contributed by atoms with van der Waals surface area (Å²) < 4.78 is 22.8. The minimum absolute atomic E-state index is 0. The normalized spacial score (nSPS) is 11.5. The molecule has 0 unspecified atom stereocenters. The zero-order chi connectivity index (χ0) is 12.0. The predicted molar refractivity (Wildman–Crippen MR) is 68.9 cm³/mol. The Bertz CT molecular complexity index is 336. The molecule has 1 aromatic rings. The molecule has 0 spiro atoms. The maximum atomic E-state index is 12.2. The molecule has 0 saturated heterocycles. The second-order valence-corrected chi connectivity index (χ2v) is 3.43. The molecule has 0 radical (unpaired) electrons. The molecule has 0 aliphatic heterocycles. The highest BCUT2D eigenvalue weighted by Crippen LogP contribution is 2.30. The number of hydrogen-bond acceptors (Lipinski definition) is 3. The Morgan fingerprint density at radius 1 is 1.35 bits per heavy atom. The zero-order valence-electron chi connectivity index (χ0n) is 10.1. The van der Waals surface area contributed by atoms with Crippen LogP contribution in [0.4, 0.5) is 4.39 Å². The van der Waals surface area contributed by atoms with Gasteiger partial charge in [0.15, 0.2) is 11.5 Å². The summed E-state index contributed by atoms with van der Waals surface area (Å²) in [5.41, 5.74) is 6.68. The number of rotatable bonds is 6. The summed E-state index contributed by atoms with van der Waals surface area (Å²) in [6.07, 6.45) is 0.317. The Morgan fingerprint density at radius 2 is 2.06 bits per heavy atom. The molecular formula is C12H19ClFNO2. The van der Waals surface area contributed by atoms with Gasteiger partial charge in [-0.25, -0.2) is 0 Å². The lowest BCUT2D eigenvalue weighted by atomic mass is 10.0. The number of ether oxygens (including phenoxy) is 2. The van der Waals surface area contributed by atoms with E-state index in [-0.39, 0.29) is 18.4 Å². The standard InChI is InChI=1S/C12H18FNO2.ClH/c1-3-16-11-5-4-9(8-12(11)15-2)10(14)6-7-13;/h4-5,8,10H,3,6-7,14H2,1-2H3;1H/t10-;/m0./s1. The van der Waals surface area contributed by atoms with Crippen LogP contribution in [-0.4, -0.2) is 20.4 Å². The van der Waals surface area contributed by atoms with Crippen molar-refractivity contribution in [1.29, 1.82) is 0 Å². The highest BCUT2D eigenvalue weighted by atomic mass is 35.5. The zero-order valence-corrected chi connectivity index (χ0v) is 10.9. The lowest BCUT2D eigenvalue weighted by Crippen LogP contribution is -2.11. The molecule has 0 aliphatic rings. The molecule has 0 saturated carbocycles. The number of nitrogens with two attached hydrogens (primary N) is 1. The van der Waals surface area contributed by atoms with E-state index in [1.54, 1.807) is 19.2 Å². The van der Waals surface area contributed by atoms with Crippen LogP contribution >= 0.6 is 12.4 Å². The second-order valence-electron chi connectivity index (χ2n) is 3.43. The maximum Gasteiger partial charge on any atom is 0.161 e. The van der Waals surface area contributed by atoms with Crippen molar-refractivity contribution in [2.45, 2.75) is 19.4 Å². The fourth-order valence-corrected chi connectivity index (χ4v) is 1.47. The number of halogens is 2. The highest BCUT2D eigenvalue weighted by Gasteiger charge is 2.10. The molecule has 17 heavy (non-hydrogen) atoms. The molecule has 0 aliphatic carbocycles. The first-order valence-corrected chi connectivity index (χ1v) is 5.35. The van der Waals surface area contributed by atoms with Gasteiger partial charge in [0, 0.05) is 6.04 Å². The Morgan fingerprint density at radius 3 is 2.59 bits per heavy atom. The molecule has 0 bridgehead atoms. The van der Waals surface area contributed by atoms with Gasteiger partial charge in [-0.2, -0.15) is 0 Å². The number of hydrogen-bond donors (Lipinski definition) is 1. The molecule has 0 amide bonds. The van der Waals surface area contributed by atoms with E-state index < -0.39 is 6.67 Å². The fraction of sp³-hybridized carbons (Fsp3) is 0.500. The van der Waals surface area contributed by atoms with E-state index in [0.717, 1.165) is 5.56 Å². The Labute approximate surface area is 108 Å². The molecule has 3 nitrogen and oxygen atoms in total. The summed E-state index contributed by atoms with van der Waals surface area (Å²) in [7, 11) is 1.57. The van der Waals surface area contributed by atoms with Crippen molar-refractivity contribution in [2.75, 3.05) is 20.4 Å². The molecule has 1 rings (SSSR count). The van der Waals surface area contributed by atoms with E-state index in [4.69, 9.17) is 15.2 Å². The third kappa shape index (κ3) is 4.40. The van der Waals surface area contributed by atoms with Gasteiger partial charge in [0.1, 0.15) is 0 Å². The van der Waals surface area contributed by atoms with Gasteiger partial charge >= 0.3 is 0 Å². The van der Waals surface area contributed by atoms with E-state index in [0.29, 0.717) is 24.5 Å². The number of methoxy groups -OCH3 is 1. The van der Waals surface area contributed by atoms with Crippen LogP contribution < -0.4 is 15.2 Å². The summed E-state index contributed by atoms with van der Waals surface area (Å²) >= 11 is 0. The maximum absolute atomic E-state index is 12.2. The summed E-state index contributed by atoms with van der Waals surface area (Å²) in [4.78, 5) is 0. The van der Waals surface area contributed by atoms with Crippen molar-refractivity contribution in [3.05, 3.63) is 23.8 Å². The van der Waals surface area contributed by atoms with Gasteiger partial charge in [-0.15, -0.1) is 12.4 Å². The molecule has 1 aromatic carbocycles. The third-order valence-corrected chi connectivity index (χ3v) is 2.34. The molecule has 1 atom stereocenters. The van der Waals surface area contributed by atoms with Crippen molar-refractivity contribution in [3.63, 3.8) is 0 Å². The minimum Gasteiger partial charge on any atom is -0.493 e. The summed E-state index contributed by atoms with van der Waals surface area (Å²) in [5.74, 6) is 1.31. The van der Waals surface area contributed by atoms with Crippen LogP contribution in [0.25, 0.3) is 0 Å². The van der Waals surface area contributed by atoms with E-state index in [9.17, 15) is 4.39 Å². The van der Waals surface area contributed by atoms with Crippen LogP contribution in [0.2, 0.25) is 0 Å². The lowest BCUT2D eigenvalue weighted by molar-refractivity contribution is 0.310. The van der Waals surface area contributed by atoms with E-state index in [2.05, 4.69) is 0 Å². The molecule has 0 aromatic heterocycles. The van der Waals surface area contributed by atoms with E-state index in [1.165, 1.54) is 0 Å². The number of benzene rings is 1. The monoisotopic (exact) mass is 263 g/mol. The summed E-state index contributed by atoms with van der Waals surface area (Å²) in [5, 5.41) is 0. The van der Waals surface area contributed by atoms with Crippen LogP contribution in [0.15, 0.2) is 18.2 Å². The van der Waals surface area contributed by atoms with Gasteiger partial charge in [0.2, 0.25) is 0 Å². The van der Waals surface area contributed by atoms with E-state index in [1.807, 2.05) is 13.0 Å². The third-order valence-electron chi connectivity index (χ3n) is 2.34. The summed E-state index contributed by atoms with van der Waals surface area (Å²) in [6, 6.07) is 5.14. The highest BCUT2D eigenvalue weighted by molar-refractivity contribution is 5.85. The molecule has 5 heteroatoms. The van der Waals surface area contributed by atoms with Gasteiger partial charge in [0.05, 0.1) is 20.4 Å². The van der Waals surface area contributed by atoms with Crippen LogP contribution in [0.5, 0.6) is 11.5 Å². The molecule has 2 N–H and O–H groups in total. The van der Waals surface area contributed by atoms with Crippen LogP contribution in [0.1, 0.15) is 24.9 Å². The Balaban J connectivity index is 0.00000256. The van der Waals surface area contributed by atoms with Crippen molar-refractivity contribution >= 4 is 12.4 Å². The summed E-state index contributed by atoms with van der Waals surface area (Å²) in [6.45, 7) is 2.06. The van der Waals surface area contributed by atoms with Crippen LogP contribution in [-0.2, 0) is 0 Å². The first-order valence-electron chi connectivity index (χ1n) is 5.35. The van der Waals surface area contributed by atoms with Crippen molar-refractivity contribution < 1.29 is 13.9 Å². The van der Waals surface area contributed by atoms with Gasteiger partial charge in [0.25, 0.3) is 0 Å². The predicted octanol–water partition coefficient (Wildman–Crippen LogP) is 2.88.